The van der Waals surface area contributed by atoms with Gasteiger partial charge in [-0.15, -0.1) is 11.3 Å². The third kappa shape index (κ3) is 28.0. The van der Waals surface area contributed by atoms with Gasteiger partial charge in [-0.2, -0.15) is 20.3 Å². The standard InChI is InChI=1S/C26H29N7O.C23H26N4OS.C20H21N5.C19H20ClN4P.C19H21N5O.2C5H12/c1-16-7-5-6-8-19(16)21-11-17-12-22(28-14-20(17)25(27)29-21)30-23-13-18-9-10-32(26(2,3)4)24(34)15-33(18)31-23;1-14(2)26-6-8-27(9-7-26)16-3-4-18-15(11-16)12-19(25-18)22-20(28)13-21-17(23(22)24)5-10-29-21;1-12(2)25-11-15(9-22-25)20-16-8-17(21-10-18(16)23-24-20)19-13(3)6-5-7-14(19)4;1-25(2,3)17-12-8-7-11-16(17)23-18-15(20)13-21-19(24-18)22-14-9-5-4-6-10-14;1-11-5-6-21-9-13(11)15-7-12-8-16(24-18(25)19(2,3)4)22-10-14(12)17(20)23-15;2*1-5(2,3)4/h5-8,11-14H,9-10,15H2,1-4H3,(H2,27,29)(H,28,30,31);3-5,10-11,14H,6-9,12-13,24H2,1-2H3;5-12H,1-4H3,(H,23,24);4-13H,1H2,2-3H3,(H2,21,22,23,24);5-10H,1-4H3,(H2,20,23)(H,22,24,25);2*1-4H3. The number of fused-ring (bicyclic) bond motifs is 6. The number of nitrogens with two attached hydrogens (primary N) is 3. The summed E-state index contributed by atoms with van der Waals surface area (Å²) in [7, 11) is 0. The number of anilines is 10. The highest BCUT2D eigenvalue weighted by atomic mass is 35.5. The van der Waals surface area contributed by atoms with Crippen LogP contribution in [0.5, 0.6) is 0 Å². The molecule has 1 fully saturated rings. The number of aromatic nitrogens is 14. The lowest BCUT2D eigenvalue weighted by Crippen LogP contribution is -2.48. The van der Waals surface area contributed by atoms with Crippen molar-refractivity contribution in [3.8, 4) is 45.0 Å². The maximum atomic E-state index is 12.8. The summed E-state index contributed by atoms with van der Waals surface area (Å²) >= 11 is 7.89. The average Bonchev–Trinajstić information content (AvgIpc) is 1.50. The lowest BCUT2D eigenvalue weighted by Gasteiger charge is -2.38. The molecule has 20 rings (SSSR count). The number of carbonyl (C=O) groups excluding carboxylic acids is 3. The summed E-state index contributed by atoms with van der Waals surface area (Å²) in [6.45, 7) is 54.4. The Morgan fingerprint density at radius 2 is 1.21 bits per heavy atom. The number of aryl methyl sites for hydroxylation is 4. The molecule has 4 aliphatic rings. The van der Waals surface area contributed by atoms with Gasteiger partial charge in [0, 0.05) is 184 Å². The van der Waals surface area contributed by atoms with Crippen molar-refractivity contribution < 1.29 is 14.4 Å². The van der Waals surface area contributed by atoms with Crippen LogP contribution in [0.25, 0.3) is 83.2 Å². The number of carbonyl (C=O) groups is 3. The van der Waals surface area contributed by atoms with Crippen molar-refractivity contribution in [2.45, 2.75) is 196 Å². The Hall–Kier alpha value is -14.6. The molecule has 14 heterocycles. The van der Waals surface area contributed by atoms with Crippen molar-refractivity contribution >= 4 is 166 Å². The molecule has 11 N–H and O–H groups in total. The molecule has 1 saturated heterocycles. The molecule has 16 aromatic rings. The van der Waals surface area contributed by atoms with Gasteiger partial charge in [0.1, 0.15) is 40.5 Å². The minimum absolute atomic E-state index is 0.0800. The summed E-state index contributed by atoms with van der Waals surface area (Å²) in [6.07, 6.45) is 20.4. The first kappa shape index (κ1) is 109. The number of rotatable bonds is 16. The highest BCUT2D eigenvalue weighted by Gasteiger charge is 2.34. The number of allylic oxidation sites excluding steroid dienone is 1. The molecule has 148 heavy (non-hydrogen) atoms. The summed E-state index contributed by atoms with van der Waals surface area (Å²) in [5, 5.41) is 37.4. The number of H-pyrrole nitrogens is 1. The van der Waals surface area contributed by atoms with Gasteiger partial charge in [-0.1, -0.05) is 180 Å². The highest BCUT2D eigenvalue weighted by molar-refractivity contribution is 7.79. The number of nitrogen functional groups attached to an aromatic ring is 2. The van der Waals surface area contributed by atoms with Crippen molar-refractivity contribution in [3.63, 3.8) is 0 Å². The Balaban J connectivity index is 0.000000143. The number of nitrogens with zero attached hydrogens (tertiary/aromatic N) is 17. The van der Waals surface area contributed by atoms with E-state index in [9.17, 15) is 14.4 Å². The number of amides is 2. The molecule has 0 radical (unpaired) electrons. The van der Waals surface area contributed by atoms with Gasteiger partial charge >= 0.3 is 0 Å². The first-order valence-electron chi connectivity index (χ1n) is 50.1. The summed E-state index contributed by atoms with van der Waals surface area (Å²) in [5.74, 6) is 3.80. The van der Waals surface area contributed by atoms with E-state index in [-0.39, 0.29) is 29.7 Å². The fourth-order valence-electron chi connectivity index (χ4n) is 17.1. The minimum Gasteiger partial charge on any atom is -0.398 e. The summed E-state index contributed by atoms with van der Waals surface area (Å²) < 4.78 is 3.74. The third-order valence-electron chi connectivity index (χ3n) is 24.7. The largest absolute Gasteiger partial charge is 0.398 e. The number of ketones is 1. The Kier molecular flexibility index (Phi) is 34.0. The normalized spacial score (nSPS) is 13.7. The highest BCUT2D eigenvalue weighted by Crippen LogP contribution is 2.42. The number of piperazine rings is 1. The van der Waals surface area contributed by atoms with Crippen LogP contribution in [0, 0.1) is 43.9 Å². The second kappa shape index (κ2) is 46.2. The zero-order chi connectivity index (χ0) is 107. The van der Waals surface area contributed by atoms with E-state index in [2.05, 4.69) is 290 Å². The van der Waals surface area contributed by atoms with Gasteiger partial charge in [0.2, 0.25) is 17.8 Å². The molecule has 2 amide bonds. The first-order chi connectivity index (χ1) is 69.9. The number of halogens is 1. The monoisotopic (exact) mass is 2040 g/mol. The lowest BCUT2D eigenvalue weighted by molar-refractivity contribution is -0.136. The van der Waals surface area contributed by atoms with E-state index in [4.69, 9.17) is 33.8 Å². The number of pyridine rings is 6. The molecule has 28 nitrogen and oxygen atoms in total. The van der Waals surface area contributed by atoms with Crippen molar-refractivity contribution in [1.29, 1.82) is 0 Å². The smallest absolute Gasteiger partial charge is 0.244 e. The van der Waals surface area contributed by atoms with E-state index in [0.29, 0.717) is 99.4 Å². The van der Waals surface area contributed by atoms with Gasteiger partial charge in [-0.3, -0.25) is 48.7 Å². The van der Waals surface area contributed by atoms with Gasteiger partial charge in [0.15, 0.2) is 17.4 Å². The molecule has 0 unspecified atom stereocenters. The second-order valence-corrected chi connectivity index (χ2v) is 49.4. The second-order valence-electron chi connectivity index (χ2n) is 44.1. The van der Waals surface area contributed by atoms with Crippen LogP contribution < -0.4 is 48.7 Å². The Morgan fingerprint density at radius 3 is 1.84 bits per heavy atom. The van der Waals surface area contributed by atoms with E-state index in [1.54, 1.807) is 47.0 Å². The number of benzene rings is 5. The molecule has 770 valence electrons. The van der Waals surface area contributed by atoms with Crippen LogP contribution in [0.2, 0.25) is 5.02 Å². The number of nitrogens with one attached hydrogen (secondary N) is 5. The fraction of sp³-hybridized carbons (Fsp3) is 0.333. The summed E-state index contributed by atoms with van der Waals surface area (Å²) in [6, 6.07) is 55.5. The van der Waals surface area contributed by atoms with Crippen LogP contribution in [-0.4, -0.2) is 167 Å². The molecule has 0 spiro atoms. The van der Waals surface area contributed by atoms with Gasteiger partial charge in [-0.05, 0) is 228 Å². The van der Waals surface area contributed by atoms with Gasteiger partial charge in [0.05, 0.1) is 63.9 Å². The van der Waals surface area contributed by atoms with E-state index < -0.39 is 12.3 Å². The molecule has 1 aliphatic carbocycles. The van der Waals surface area contributed by atoms with E-state index in [0.717, 1.165) is 155 Å². The van der Waals surface area contributed by atoms with Gasteiger partial charge in [-0.25, -0.2) is 24.9 Å². The molecule has 11 aromatic heterocycles. The molecule has 0 saturated carbocycles. The predicted molar refractivity (Wildman–Crippen MR) is 618 cm³/mol. The molecular formula is C117H141ClN25O3PS. The van der Waals surface area contributed by atoms with Crippen molar-refractivity contribution in [1.82, 2.24) is 79.4 Å². The summed E-state index contributed by atoms with van der Waals surface area (Å²) in [5.41, 5.74) is 41.7. The molecule has 0 bridgehead atoms. The van der Waals surface area contributed by atoms with Crippen LogP contribution >= 0.6 is 29.8 Å². The first-order valence-corrected chi connectivity index (χ1v) is 54.3. The number of Topliss-reactive ketones (excluding diaryl/α,β-unsaturated/α-hetero) is 1. The number of hydrogen-bond donors (Lipinski definition) is 8. The van der Waals surface area contributed by atoms with E-state index in [1.807, 2.05) is 170 Å². The topological polar surface area (TPSA) is 367 Å². The third-order valence-corrected chi connectivity index (χ3v) is 27.6. The average molecular weight is 2040 g/mol. The SMILES string of the molecule is C=P(C)(C)c1ccccc1Nc1nc(Nc2ccccc2)ncc1Cl.CC(C)(C)C.CC(C)(C)C.CC(C)N1CCN(c2ccc3c(c2)CC(C2=C(N)c4ccsc4CC2=O)=N3)CC1.Cc1cccc(C)c1-c1cc2c(-c3cnn(C(C)C)c3)n[nH]c2cn1.Cc1ccccc1-c1cc2cc(Nc3cc4n(n3)CC(=O)N(C(C)(C)C)CC4)ncc2c(N)n1.Cc1ccncc1-c1cc2cc(NC(=O)C(C)(C)C)ncc2c(N)n1. The van der Waals surface area contributed by atoms with E-state index >= 15 is 0 Å². The molecule has 5 aromatic carbocycles. The summed E-state index contributed by atoms with van der Waals surface area (Å²) in [4.78, 5) is 85.9. The number of hydrogen-bond acceptors (Lipinski definition) is 24. The molecule has 31 heteroatoms. The van der Waals surface area contributed by atoms with Crippen LogP contribution in [0.3, 0.4) is 0 Å². The van der Waals surface area contributed by atoms with Crippen molar-refractivity contribution in [2.24, 2.45) is 27.0 Å². The van der Waals surface area contributed by atoms with Crippen molar-refractivity contribution in [2.75, 3.05) is 83.7 Å². The number of para-hydroxylation sites is 2. The number of aliphatic imine (C=N–C) groups is 1. The van der Waals surface area contributed by atoms with Crippen LogP contribution in [0.4, 0.5) is 63.6 Å². The molecular weight excluding hydrogens is 1900 g/mol. The Bertz CT molecular complexity index is 7580. The van der Waals surface area contributed by atoms with Gasteiger partial charge in [0.25, 0.3) is 0 Å². The Labute approximate surface area is 879 Å². The number of thiophene rings is 1. The Morgan fingerprint density at radius 1 is 0.581 bits per heavy atom. The fourth-order valence-corrected chi connectivity index (χ4v) is 19.4. The number of aromatic amines is 1. The predicted octanol–water partition coefficient (Wildman–Crippen LogP) is 25.0. The van der Waals surface area contributed by atoms with Gasteiger partial charge < -0.3 is 48.3 Å². The van der Waals surface area contributed by atoms with E-state index in [1.165, 1.54) is 33.2 Å². The lowest BCUT2D eigenvalue weighted by atomic mass is 9.90. The zero-order valence-corrected chi connectivity index (χ0v) is 92.3. The van der Waals surface area contributed by atoms with Crippen molar-refractivity contribution in [3.05, 3.63) is 273 Å². The minimum atomic E-state index is -1.44. The molecule has 3 aliphatic heterocycles. The zero-order valence-electron chi connectivity index (χ0n) is 89.8. The molecule has 0 atom stereocenters. The maximum Gasteiger partial charge on any atom is 0.244 e. The maximum absolute atomic E-state index is 12.8. The van der Waals surface area contributed by atoms with Crippen LogP contribution in [0.15, 0.2) is 229 Å². The quantitative estimate of drug-likeness (QED) is 0.0417. The van der Waals surface area contributed by atoms with Crippen LogP contribution in [-0.2, 0) is 40.2 Å². The van der Waals surface area contributed by atoms with Crippen LogP contribution in [0.1, 0.15) is 175 Å².